The summed E-state index contributed by atoms with van der Waals surface area (Å²) in [6.07, 6.45) is 10.5. The van der Waals surface area contributed by atoms with Gasteiger partial charge in [0.15, 0.2) is 0 Å². The molecule has 2 nitrogen and oxygen atoms in total. The van der Waals surface area contributed by atoms with E-state index in [1.165, 1.54) is 50.8 Å². The second kappa shape index (κ2) is 7.16. The van der Waals surface area contributed by atoms with Crippen molar-refractivity contribution in [1.29, 1.82) is 0 Å². The molecule has 0 aliphatic carbocycles. The Morgan fingerprint density at radius 2 is 1.89 bits per heavy atom. The molecule has 0 amide bonds. The first kappa shape index (κ1) is 14.7. The Labute approximate surface area is 117 Å². The number of thioether (sulfide) groups is 1. The van der Waals surface area contributed by atoms with Gasteiger partial charge in [0.05, 0.1) is 0 Å². The summed E-state index contributed by atoms with van der Waals surface area (Å²) in [6, 6.07) is 3.36. The standard InChI is InChI=1S/C15H30N2S/c1-4-8-16-12-9-14-6-7-15(10-12)17(14)13(5-2)11-18-3/h12-16H,4-11H2,1-3H3. The molecule has 2 aliphatic heterocycles. The molecule has 2 fully saturated rings. The Morgan fingerprint density at radius 3 is 2.39 bits per heavy atom. The zero-order valence-corrected chi connectivity index (χ0v) is 13.1. The third-order valence-corrected chi connectivity index (χ3v) is 5.44. The molecule has 0 aromatic carbocycles. The maximum atomic E-state index is 3.75. The van der Waals surface area contributed by atoms with Crippen LogP contribution in [0.1, 0.15) is 52.4 Å². The third-order valence-electron chi connectivity index (χ3n) is 4.72. The lowest BCUT2D eigenvalue weighted by molar-refractivity contribution is 0.0777. The molecule has 2 aliphatic rings. The number of nitrogens with zero attached hydrogens (tertiary/aromatic N) is 1. The molecule has 3 atom stereocenters. The van der Waals surface area contributed by atoms with Crippen LogP contribution >= 0.6 is 11.8 Å². The van der Waals surface area contributed by atoms with Crippen LogP contribution in [0.3, 0.4) is 0 Å². The molecule has 2 rings (SSSR count). The molecule has 0 spiro atoms. The molecule has 2 saturated heterocycles. The fourth-order valence-corrected chi connectivity index (χ4v) is 4.72. The van der Waals surface area contributed by atoms with Crippen molar-refractivity contribution in [2.45, 2.75) is 76.5 Å². The minimum atomic E-state index is 0.797. The maximum Gasteiger partial charge on any atom is 0.0189 e. The van der Waals surface area contributed by atoms with E-state index in [-0.39, 0.29) is 0 Å². The first-order valence-electron chi connectivity index (χ1n) is 7.79. The van der Waals surface area contributed by atoms with Gasteiger partial charge in [-0.3, -0.25) is 4.90 Å². The highest BCUT2D eigenvalue weighted by Crippen LogP contribution is 2.38. The zero-order valence-electron chi connectivity index (χ0n) is 12.3. The third kappa shape index (κ3) is 3.23. The van der Waals surface area contributed by atoms with Crippen LogP contribution in [0.25, 0.3) is 0 Å². The molecule has 0 aromatic heterocycles. The van der Waals surface area contributed by atoms with Crippen molar-refractivity contribution >= 4 is 11.8 Å². The summed E-state index contributed by atoms with van der Waals surface area (Å²) in [4.78, 5) is 2.89. The SMILES string of the molecule is CCCNC1CC2CCC(C1)N2C(CC)CSC. The Kier molecular flexibility index (Phi) is 5.84. The van der Waals surface area contributed by atoms with Crippen LogP contribution in [-0.4, -0.2) is 47.6 Å². The van der Waals surface area contributed by atoms with Gasteiger partial charge in [-0.05, 0) is 51.3 Å². The first-order chi connectivity index (χ1) is 8.80. The fraction of sp³-hybridized carbons (Fsp3) is 1.00. The number of hydrogen-bond donors (Lipinski definition) is 1. The van der Waals surface area contributed by atoms with Crippen LogP contribution < -0.4 is 5.32 Å². The molecule has 0 aromatic rings. The Hall–Kier alpha value is 0.270. The van der Waals surface area contributed by atoms with Gasteiger partial charge in [0.25, 0.3) is 0 Å². The van der Waals surface area contributed by atoms with Crippen LogP contribution in [-0.2, 0) is 0 Å². The Bertz CT molecular complexity index is 233. The monoisotopic (exact) mass is 270 g/mol. The lowest BCUT2D eigenvalue weighted by Gasteiger charge is -2.43. The van der Waals surface area contributed by atoms with Crippen LogP contribution in [0.2, 0.25) is 0 Å². The van der Waals surface area contributed by atoms with Crippen molar-refractivity contribution in [1.82, 2.24) is 10.2 Å². The van der Waals surface area contributed by atoms with E-state index in [0.717, 1.165) is 24.2 Å². The number of fused-ring (bicyclic) bond motifs is 2. The van der Waals surface area contributed by atoms with E-state index in [9.17, 15) is 0 Å². The van der Waals surface area contributed by atoms with Crippen molar-refractivity contribution in [2.75, 3.05) is 18.6 Å². The molecule has 2 heterocycles. The van der Waals surface area contributed by atoms with Gasteiger partial charge < -0.3 is 5.32 Å². The molecular weight excluding hydrogens is 240 g/mol. The average Bonchev–Trinajstić information content (AvgIpc) is 2.64. The minimum absolute atomic E-state index is 0.797. The minimum Gasteiger partial charge on any atom is -0.314 e. The largest absolute Gasteiger partial charge is 0.314 e. The Morgan fingerprint density at radius 1 is 1.22 bits per heavy atom. The van der Waals surface area contributed by atoms with Crippen molar-refractivity contribution in [3.63, 3.8) is 0 Å². The van der Waals surface area contributed by atoms with Gasteiger partial charge in [-0.2, -0.15) is 11.8 Å². The average molecular weight is 270 g/mol. The molecule has 106 valence electrons. The summed E-state index contributed by atoms with van der Waals surface area (Å²) in [7, 11) is 0. The lowest BCUT2D eigenvalue weighted by atomic mass is 9.95. The smallest absolute Gasteiger partial charge is 0.0189 e. The van der Waals surface area contributed by atoms with Gasteiger partial charge in [-0.1, -0.05) is 13.8 Å². The van der Waals surface area contributed by atoms with Crippen LogP contribution in [0.15, 0.2) is 0 Å². The Balaban J connectivity index is 1.92. The highest BCUT2D eigenvalue weighted by molar-refractivity contribution is 7.98. The van der Waals surface area contributed by atoms with Crippen molar-refractivity contribution in [3.05, 3.63) is 0 Å². The highest BCUT2D eigenvalue weighted by atomic mass is 32.2. The summed E-state index contributed by atoms with van der Waals surface area (Å²) in [6.45, 7) is 5.83. The van der Waals surface area contributed by atoms with Crippen LogP contribution in [0.5, 0.6) is 0 Å². The van der Waals surface area contributed by atoms with E-state index in [1.54, 1.807) is 0 Å². The van der Waals surface area contributed by atoms with E-state index >= 15 is 0 Å². The molecule has 2 bridgehead atoms. The second-order valence-electron chi connectivity index (χ2n) is 5.97. The van der Waals surface area contributed by atoms with E-state index in [4.69, 9.17) is 0 Å². The normalized spacial score (nSPS) is 33.8. The topological polar surface area (TPSA) is 15.3 Å². The quantitative estimate of drug-likeness (QED) is 0.765. The van der Waals surface area contributed by atoms with E-state index in [0.29, 0.717) is 0 Å². The number of nitrogens with one attached hydrogen (secondary N) is 1. The van der Waals surface area contributed by atoms with Crippen LogP contribution in [0, 0.1) is 0 Å². The molecule has 0 saturated carbocycles. The summed E-state index contributed by atoms with van der Waals surface area (Å²) >= 11 is 2.02. The van der Waals surface area contributed by atoms with Gasteiger partial charge in [0.1, 0.15) is 0 Å². The molecule has 0 radical (unpaired) electrons. The van der Waals surface area contributed by atoms with Gasteiger partial charge in [0.2, 0.25) is 0 Å². The van der Waals surface area contributed by atoms with Crippen molar-refractivity contribution in [2.24, 2.45) is 0 Å². The predicted octanol–water partition coefficient (Wildman–Crippen LogP) is 3.12. The van der Waals surface area contributed by atoms with Crippen LogP contribution in [0.4, 0.5) is 0 Å². The zero-order chi connectivity index (χ0) is 13.0. The summed E-state index contributed by atoms with van der Waals surface area (Å²) in [5, 5.41) is 3.75. The van der Waals surface area contributed by atoms with Crippen molar-refractivity contribution < 1.29 is 0 Å². The molecule has 1 N–H and O–H groups in total. The van der Waals surface area contributed by atoms with E-state index < -0.39 is 0 Å². The maximum absolute atomic E-state index is 3.75. The number of rotatable bonds is 7. The molecule has 3 unspecified atom stereocenters. The summed E-state index contributed by atoms with van der Waals surface area (Å²) < 4.78 is 0. The number of piperidine rings is 1. The predicted molar refractivity (Wildman–Crippen MR) is 82.4 cm³/mol. The second-order valence-corrected chi connectivity index (χ2v) is 6.88. The van der Waals surface area contributed by atoms with Gasteiger partial charge in [-0.15, -0.1) is 0 Å². The van der Waals surface area contributed by atoms with Gasteiger partial charge in [0, 0.05) is 29.9 Å². The fourth-order valence-electron chi connectivity index (χ4n) is 3.93. The summed E-state index contributed by atoms with van der Waals surface area (Å²) in [5.41, 5.74) is 0. The summed E-state index contributed by atoms with van der Waals surface area (Å²) in [5.74, 6) is 1.32. The highest BCUT2D eigenvalue weighted by Gasteiger charge is 2.42. The lowest BCUT2D eigenvalue weighted by Crippen LogP contribution is -2.53. The van der Waals surface area contributed by atoms with Gasteiger partial charge in [-0.25, -0.2) is 0 Å². The van der Waals surface area contributed by atoms with E-state index in [1.807, 2.05) is 11.8 Å². The molecular formula is C15H30N2S. The number of hydrogen-bond acceptors (Lipinski definition) is 3. The van der Waals surface area contributed by atoms with Gasteiger partial charge >= 0.3 is 0 Å². The molecule has 18 heavy (non-hydrogen) atoms. The van der Waals surface area contributed by atoms with Crippen molar-refractivity contribution in [3.8, 4) is 0 Å². The van der Waals surface area contributed by atoms with E-state index in [2.05, 4.69) is 30.3 Å². The molecule has 3 heteroatoms. The first-order valence-corrected chi connectivity index (χ1v) is 9.19.